The number of aryl methyl sites for hydroxylation is 4. The van der Waals surface area contributed by atoms with E-state index >= 15 is 0 Å². The molecule has 3 rings (SSSR count). The Hall–Kier alpha value is -2.68. The maximum atomic E-state index is 6.06. The van der Waals surface area contributed by atoms with Gasteiger partial charge in [-0.1, -0.05) is 76.2 Å². The smallest absolute Gasteiger partial charge is 0.226 e. The van der Waals surface area contributed by atoms with Gasteiger partial charge in [-0.15, -0.1) is 0 Å². The van der Waals surface area contributed by atoms with Crippen LogP contribution in [-0.2, 0) is 10.8 Å². The number of benzene rings is 3. The van der Waals surface area contributed by atoms with Crippen LogP contribution in [0.2, 0.25) is 0 Å². The Balaban J connectivity index is 1.98. The average molecular weight is 452 g/mol. The predicted octanol–water partition coefficient (Wildman–Crippen LogP) is 7.16. The van der Waals surface area contributed by atoms with Gasteiger partial charge < -0.3 is 9.71 Å². The molecule has 0 bridgehead atoms. The van der Waals surface area contributed by atoms with Gasteiger partial charge in [0.05, 0.1) is 0 Å². The van der Waals surface area contributed by atoms with E-state index in [-0.39, 0.29) is 10.8 Å². The van der Waals surface area contributed by atoms with Crippen molar-refractivity contribution in [2.75, 3.05) is 30.9 Å². The highest BCUT2D eigenvalue weighted by atomic mass is 15.1. The Kier molecular flexibility index (Phi) is 7.00. The van der Waals surface area contributed by atoms with Gasteiger partial charge in [0, 0.05) is 36.3 Å². The molecule has 34 heavy (non-hydrogen) atoms. The first-order valence-electron chi connectivity index (χ1n) is 12.2. The molecular formula is C31H41BN2. The number of nitrogens with zero attached hydrogens (tertiary/aromatic N) is 2. The van der Waals surface area contributed by atoms with E-state index in [1.54, 1.807) is 4.81 Å². The van der Waals surface area contributed by atoms with Crippen LogP contribution in [0.5, 0.6) is 0 Å². The van der Waals surface area contributed by atoms with Crippen molar-refractivity contribution in [2.24, 2.45) is 0 Å². The van der Waals surface area contributed by atoms with Gasteiger partial charge in [-0.3, -0.25) is 0 Å². The lowest BCUT2D eigenvalue weighted by molar-refractivity contribution is 0.625. The SMILES string of the molecule is [B]N(C)c1c(C)cc(C(C)(C)c2ccc(C(C)(C)c3cc(C)c(N(C)C)c(C)c3)cc2)cc1C. The van der Waals surface area contributed by atoms with Crippen molar-refractivity contribution in [3.05, 3.63) is 93.0 Å². The van der Waals surface area contributed by atoms with E-state index < -0.39 is 0 Å². The quantitative estimate of drug-likeness (QED) is 0.366. The van der Waals surface area contributed by atoms with Crippen molar-refractivity contribution in [1.29, 1.82) is 0 Å². The minimum Gasteiger partial charge on any atom is -0.427 e. The van der Waals surface area contributed by atoms with Crippen LogP contribution >= 0.6 is 0 Å². The summed E-state index contributed by atoms with van der Waals surface area (Å²) >= 11 is 0. The van der Waals surface area contributed by atoms with E-state index in [2.05, 4.69) is 123 Å². The lowest BCUT2D eigenvalue weighted by Gasteiger charge is -2.32. The number of anilines is 2. The normalized spacial score (nSPS) is 12.1. The molecule has 0 fully saturated rings. The lowest BCUT2D eigenvalue weighted by atomic mass is 9.73. The van der Waals surface area contributed by atoms with Crippen molar-refractivity contribution in [3.63, 3.8) is 0 Å². The summed E-state index contributed by atoms with van der Waals surface area (Å²) in [5, 5.41) is 0. The molecule has 0 aliphatic rings. The summed E-state index contributed by atoms with van der Waals surface area (Å²) in [6.07, 6.45) is 0. The maximum absolute atomic E-state index is 6.06. The van der Waals surface area contributed by atoms with E-state index in [1.165, 1.54) is 50.2 Å². The molecule has 0 aliphatic heterocycles. The predicted molar refractivity (Wildman–Crippen MR) is 151 cm³/mol. The van der Waals surface area contributed by atoms with Crippen LogP contribution in [0.15, 0.2) is 48.5 Å². The fraction of sp³-hybridized carbons (Fsp3) is 0.419. The van der Waals surface area contributed by atoms with Crippen molar-refractivity contribution in [3.8, 4) is 0 Å². The van der Waals surface area contributed by atoms with Gasteiger partial charge >= 0.3 is 0 Å². The van der Waals surface area contributed by atoms with Gasteiger partial charge in [0.1, 0.15) is 0 Å². The van der Waals surface area contributed by atoms with E-state index in [1.807, 2.05) is 7.05 Å². The van der Waals surface area contributed by atoms with E-state index in [4.69, 9.17) is 7.98 Å². The van der Waals surface area contributed by atoms with Crippen molar-refractivity contribution in [1.82, 2.24) is 0 Å². The van der Waals surface area contributed by atoms with Gasteiger partial charge in [-0.25, -0.2) is 0 Å². The first kappa shape index (κ1) is 25.9. The Morgan fingerprint density at radius 3 is 1.09 bits per heavy atom. The van der Waals surface area contributed by atoms with Crippen LogP contribution in [0, 0.1) is 27.7 Å². The zero-order valence-corrected chi connectivity index (χ0v) is 23.1. The summed E-state index contributed by atoms with van der Waals surface area (Å²) in [6.45, 7) is 18.0. The minimum atomic E-state index is -0.107. The Morgan fingerprint density at radius 2 is 0.824 bits per heavy atom. The van der Waals surface area contributed by atoms with E-state index in [9.17, 15) is 0 Å². The fourth-order valence-corrected chi connectivity index (χ4v) is 5.53. The molecule has 0 spiro atoms. The molecule has 3 heteroatoms. The fourth-order valence-electron chi connectivity index (χ4n) is 5.53. The third-order valence-electron chi connectivity index (χ3n) is 7.55. The summed E-state index contributed by atoms with van der Waals surface area (Å²) in [6, 6.07) is 18.5. The molecular weight excluding hydrogens is 411 g/mol. The van der Waals surface area contributed by atoms with E-state index in [0.717, 1.165) is 5.69 Å². The van der Waals surface area contributed by atoms with Crippen molar-refractivity contribution < 1.29 is 0 Å². The van der Waals surface area contributed by atoms with Gasteiger partial charge in [0.15, 0.2) is 0 Å². The Morgan fingerprint density at radius 1 is 0.529 bits per heavy atom. The molecule has 2 nitrogen and oxygen atoms in total. The summed E-state index contributed by atoms with van der Waals surface area (Å²) in [5.41, 5.74) is 12.6. The molecule has 0 amide bonds. The van der Waals surface area contributed by atoms with Gasteiger partial charge in [0.25, 0.3) is 0 Å². The van der Waals surface area contributed by atoms with Crippen LogP contribution < -0.4 is 9.71 Å². The van der Waals surface area contributed by atoms with Gasteiger partial charge in [-0.2, -0.15) is 0 Å². The second-order valence-electron chi connectivity index (χ2n) is 11.2. The standard InChI is InChI=1S/C31H41BN2/c1-20-16-26(17-21(2)28(20)33(9)10)30(5,6)24-12-14-25(15-13-24)31(7,8)27-18-22(3)29(34(11)32)23(4)19-27/h12-19H,1-11H3. The van der Waals surface area contributed by atoms with Crippen LogP contribution in [0.4, 0.5) is 11.4 Å². The Bertz CT molecular complexity index is 1040. The molecule has 0 saturated heterocycles. The largest absolute Gasteiger partial charge is 0.427 e. The zero-order valence-electron chi connectivity index (χ0n) is 23.1. The number of rotatable bonds is 6. The summed E-state index contributed by atoms with van der Waals surface area (Å²) in [4.78, 5) is 3.92. The minimum absolute atomic E-state index is 0.0798. The third kappa shape index (κ3) is 4.62. The molecule has 0 unspecified atom stereocenters. The van der Waals surface area contributed by atoms with Crippen LogP contribution in [0.1, 0.15) is 72.2 Å². The van der Waals surface area contributed by atoms with Crippen LogP contribution in [0.3, 0.4) is 0 Å². The molecule has 0 atom stereocenters. The van der Waals surface area contributed by atoms with Gasteiger partial charge in [-0.05, 0) is 79.3 Å². The Labute approximate surface area is 209 Å². The lowest BCUT2D eigenvalue weighted by Crippen LogP contribution is -2.23. The number of hydrogen-bond acceptors (Lipinski definition) is 2. The molecule has 0 saturated carbocycles. The molecule has 0 aromatic heterocycles. The molecule has 0 heterocycles. The highest BCUT2D eigenvalue weighted by Crippen LogP contribution is 2.39. The molecule has 3 aromatic rings. The molecule has 0 N–H and O–H groups in total. The second-order valence-corrected chi connectivity index (χ2v) is 11.2. The van der Waals surface area contributed by atoms with Crippen molar-refractivity contribution >= 4 is 19.4 Å². The third-order valence-corrected chi connectivity index (χ3v) is 7.55. The second kappa shape index (κ2) is 9.17. The first-order chi connectivity index (χ1) is 15.7. The van der Waals surface area contributed by atoms with E-state index in [0.29, 0.717) is 0 Å². The molecule has 2 radical (unpaired) electrons. The summed E-state index contributed by atoms with van der Waals surface area (Å²) in [7, 11) is 12.2. The summed E-state index contributed by atoms with van der Waals surface area (Å²) < 4.78 is 0. The highest BCUT2D eigenvalue weighted by molar-refractivity contribution is 6.18. The highest BCUT2D eigenvalue weighted by Gasteiger charge is 2.28. The molecule has 3 aromatic carbocycles. The molecule has 0 aliphatic carbocycles. The van der Waals surface area contributed by atoms with Crippen LogP contribution in [-0.4, -0.2) is 29.1 Å². The van der Waals surface area contributed by atoms with Crippen molar-refractivity contribution in [2.45, 2.75) is 66.2 Å². The molecule has 178 valence electrons. The first-order valence-corrected chi connectivity index (χ1v) is 12.2. The monoisotopic (exact) mass is 452 g/mol. The number of hydrogen-bond donors (Lipinski definition) is 0. The average Bonchev–Trinajstić information content (AvgIpc) is 2.72. The summed E-state index contributed by atoms with van der Waals surface area (Å²) in [5.74, 6) is 0. The van der Waals surface area contributed by atoms with Gasteiger partial charge in [0.2, 0.25) is 7.98 Å². The zero-order chi connectivity index (χ0) is 25.6. The van der Waals surface area contributed by atoms with Crippen LogP contribution in [0.25, 0.3) is 0 Å². The maximum Gasteiger partial charge on any atom is 0.226 e. The topological polar surface area (TPSA) is 6.48 Å².